The van der Waals surface area contributed by atoms with Gasteiger partial charge in [-0.25, -0.2) is 8.78 Å². The third-order valence-electron chi connectivity index (χ3n) is 3.57. The topological polar surface area (TPSA) is 44.4 Å². The molecule has 22 heavy (non-hydrogen) atoms. The molecule has 0 spiro atoms. The molecule has 1 aliphatic rings. The SMILES string of the molecule is Cl.O=C(Cc1cccc(F)c1F)NCCCN1CCNCC1. The highest BCUT2D eigenvalue weighted by Gasteiger charge is 2.12. The lowest BCUT2D eigenvalue weighted by Gasteiger charge is -2.27. The minimum atomic E-state index is -0.937. The molecule has 0 atom stereocenters. The largest absolute Gasteiger partial charge is 0.356 e. The Labute approximate surface area is 135 Å². The van der Waals surface area contributed by atoms with Crippen molar-refractivity contribution in [3.8, 4) is 0 Å². The van der Waals surface area contributed by atoms with Gasteiger partial charge >= 0.3 is 0 Å². The molecule has 1 aliphatic heterocycles. The van der Waals surface area contributed by atoms with Crippen LogP contribution in [0.25, 0.3) is 0 Å². The van der Waals surface area contributed by atoms with Gasteiger partial charge in [0.15, 0.2) is 11.6 Å². The molecule has 0 aliphatic carbocycles. The first-order valence-electron chi connectivity index (χ1n) is 7.29. The van der Waals surface area contributed by atoms with Gasteiger partial charge in [-0.3, -0.25) is 4.79 Å². The normalized spacial score (nSPS) is 15.2. The van der Waals surface area contributed by atoms with E-state index in [0.717, 1.165) is 45.2 Å². The standard InChI is InChI=1S/C15H21F2N3O.ClH/c16-13-4-1-3-12(15(13)17)11-14(21)19-5-2-8-20-9-6-18-7-10-20;/h1,3-4,18H,2,5-11H2,(H,19,21);1H. The first kappa shape index (κ1) is 18.8. The Kier molecular flexibility index (Phi) is 8.30. The van der Waals surface area contributed by atoms with Gasteiger partial charge in [0.25, 0.3) is 0 Å². The van der Waals surface area contributed by atoms with Gasteiger partial charge < -0.3 is 15.5 Å². The van der Waals surface area contributed by atoms with E-state index in [9.17, 15) is 13.6 Å². The summed E-state index contributed by atoms with van der Waals surface area (Å²) < 4.78 is 26.5. The second-order valence-electron chi connectivity index (χ2n) is 5.18. The third-order valence-corrected chi connectivity index (χ3v) is 3.57. The molecule has 1 aromatic rings. The monoisotopic (exact) mass is 333 g/mol. The first-order chi connectivity index (χ1) is 10.2. The van der Waals surface area contributed by atoms with E-state index in [1.165, 1.54) is 12.1 Å². The fourth-order valence-electron chi connectivity index (χ4n) is 2.39. The van der Waals surface area contributed by atoms with Crippen molar-refractivity contribution in [2.75, 3.05) is 39.3 Å². The Morgan fingerprint density at radius 1 is 1.27 bits per heavy atom. The van der Waals surface area contributed by atoms with Crippen molar-refractivity contribution in [1.29, 1.82) is 0 Å². The number of hydrogen-bond donors (Lipinski definition) is 2. The summed E-state index contributed by atoms with van der Waals surface area (Å²) in [5.74, 6) is -2.13. The Bertz CT molecular complexity index is 482. The summed E-state index contributed by atoms with van der Waals surface area (Å²) >= 11 is 0. The highest BCUT2D eigenvalue weighted by molar-refractivity contribution is 5.85. The van der Waals surface area contributed by atoms with Crippen LogP contribution in [0.1, 0.15) is 12.0 Å². The molecule has 1 amide bonds. The molecule has 0 radical (unpaired) electrons. The maximum atomic E-state index is 13.4. The molecule has 0 saturated carbocycles. The fraction of sp³-hybridized carbons (Fsp3) is 0.533. The van der Waals surface area contributed by atoms with Crippen LogP contribution in [-0.2, 0) is 11.2 Å². The van der Waals surface area contributed by atoms with Crippen LogP contribution in [0.2, 0.25) is 0 Å². The summed E-state index contributed by atoms with van der Waals surface area (Å²) in [5, 5.41) is 6.03. The number of nitrogens with one attached hydrogen (secondary N) is 2. The Balaban J connectivity index is 0.00000242. The maximum Gasteiger partial charge on any atom is 0.224 e. The fourth-order valence-corrected chi connectivity index (χ4v) is 2.39. The number of nitrogens with zero attached hydrogens (tertiary/aromatic N) is 1. The summed E-state index contributed by atoms with van der Waals surface area (Å²) in [6, 6.07) is 3.88. The van der Waals surface area contributed by atoms with E-state index in [1.807, 2.05) is 0 Å². The third kappa shape index (κ3) is 5.87. The number of halogens is 3. The number of hydrogen-bond acceptors (Lipinski definition) is 3. The summed E-state index contributed by atoms with van der Waals surface area (Å²) in [7, 11) is 0. The van der Waals surface area contributed by atoms with Crippen LogP contribution in [-0.4, -0.2) is 50.1 Å². The van der Waals surface area contributed by atoms with E-state index in [2.05, 4.69) is 15.5 Å². The highest BCUT2D eigenvalue weighted by Crippen LogP contribution is 2.11. The molecule has 1 fully saturated rings. The zero-order valence-electron chi connectivity index (χ0n) is 12.4. The molecule has 1 heterocycles. The van der Waals surface area contributed by atoms with Crippen molar-refractivity contribution in [2.45, 2.75) is 12.8 Å². The molecular formula is C15H22ClF2N3O. The van der Waals surface area contributed by atoms with Crippen LogP contribution >= 0.6 is 12.4 Å². The molecule has 2 rings (SSSR count). The van der Waals surface area contributed by atoms with Crippen molar-refractivity contribution in [1.82, 2.24) is 15.5 Å². The van der Waals surface area contributed by atoms with E-state index >= 15 is 0 Å². The second-order valence-corrected chi connectivity index (χ2v) is 5.18. The van der Waals surface area contributed by atoms with Gasteiger partial charge in [0.1, 0.15) is 0 Å². The Morgan fingerprint density at radius 2 is 2.00 bits per heavy atom. The summed E-state index contributed by atoms with van der Waals surface area (Å²) in [5.41, 5.74) is 0.0922. The van der Waals surface area contributed by atoms with E-state index in [4.69, 9.17) is 0 Å². The van der Waals surface area contributed by atoms with Crippen molar-refractivity contribution in [3.63, 3.8) is 0 Å². The molecule has 124 valence electrons. The van der Waals surface area contributed by atoms with Gasteiger partial charge in [-0.05, 0) is 19.0 Å². The molecule has 0 aromatic heterocycles. The number of carbonyl (C=O) groups is 1. The van der Waals surface area contributed by atoms with Gasteiger partial charge in [-0.2, -0.15) is 0 Å². The number of carbonyl (C=O) groups excluding carboxylic acids is 1. The van der Waals surface area contributed by atoms with E-state index < -0.39 is 11.6 Å². The average molecular weight is 334 g/mol. The molecule has 1 aromatic carbocycles. The zero-order chi connectivity index (χ0) is 15.1. The average Bonchev–Trinajstić information content (AvgIpc) is 2.49. The van der Waals surface area contributed by atoms with Crippen molar-refractivity contribution < 1.29 is 13.6 Å². The second kappa shape index (κ2) is 9.71. The summed E-state index contributed by atoms with van der Waals surface area (Å²) in [6.07, 6.45) is 0.731. The Hall–Kier alpha value is -1.24. The highest BCUT2D eigenvalue weighted by atomic mass is 35.5. The van der Waals surface area contributed by atoms with Crippen LogP contribution in [0, 0.1) is 11.6 Å². The van der Waals surface area contributed by atoms with E-state index in [-0.39, 0.29) is 30.3 Å². The van der Waals surface area contributed by atoms with Crippen LogP contribution in [0.15, 0.2) is 18.2 Å². The van der Waals surface area contributed by atoms with Crippen molar-refractivity contribution in [3.05, 3.63) is 35.4 Å². The van der Waals surface area contributed by atoms with Gasteiger partial charge in [-0.1, -0.05) is 12.1 Å². The quantitative estimate of drug-likeness (QED) is 0.772. The van der Waals surface area contributed by atoms with Gasteiger partial charge in [-0.15, -0.1) is 12.4 Å². The minimum Gasteiger partial charge on any atom is -0.356 e. The molecule has 0 unspecified atom stereocenters. The molecular weight excluding hydrogens is 312 g/mol. The maximum absolute atomic E-state index is 13.4. The van der Waals surface area contributed by atoms with Gasteiger partial charge in [0.05, 0.1) is 6.42 Å². The summed E-state index contributed by atoms with van der Waals surface area (Å²) in [6.45, 7) is 5.57. The predicted molar refractivity (Wildman–Crippen MR) is 84.2 cm³/mol. The lowest BCUT2D eigenvalue weighted by Crippen LogP contribution is -2.44. The number of rotatable bonds is 6. The molecule has 1 saturated heterocycles. The van der Waals surface area contributed by atoms with Crippen LogP contribution in [0.3, 0.4) is 0 Å². The lowest BCUT2D eigenvalue weighted by atomic mass is 10.1. The van der Waals surface area contributed by atoms with Crippen LogP contribution in [0.4, 0.5) is 8.78 Å². The van der Waals surface area contributed by atoms with Crippen molar-refractivity contribution in [2.24, 2.45) is 0 Å². The van der Waals surface area contributed by atoms with E-state index in [0.29, 0.717) is 6.54 Å². The minimum absolute atomic E-state index is 0. The number of piperazine rings is 1. The summed E-state index contributed by atoms with van der Waals surface area (Å²) in [4.78, 5) is 14.0. The first-order valence-corrected chi connectivity index (χ1v) is 7.29. The Morgan fingerprint density at radius 3 is 2.73 bits per heavy atom. The zero-order valence-corrected chi connectivity index (χ0v) is 13.2. The molecule has 0 bridgehead atoms. The smallest absolute Gasteiger partial charge is 0.224 e. The molecule has 4 nitrogen and oxygen atoms in total. The van der Waals surface area contributed by atoms with Crippen molar-refractivity contribution >= 4 is 18.3 Å². The van der Waals surface area contributed by atoms with Gasteiger partial charge in [0.2, 0.25) is 5.91 Å². The van der Waals surface area contributed by atoms with Crippen LogP contribution < -0.4 is 10.6 Å². The number of amides is 1. The number of benzene rings is 1. The van der Waals surface area contributed by atoms with Crippen LogP contribution in [0.5, 0.6) is 0 Å². The lowest BCUT2D eigenvalue weighted by molar-refractivity contribution is -0.120. The molecule has 2 N–H and O–H groups in total. The molecule has 7 heteroatoms. The van der Waals surface area contributed by atoms with E-state index in [1.54, 1.807) is 0 Å². The predicted octanol–water partition coefficient (Wildman–Crippen LogP) is 1.34. The van der Waals surface area contributed by atoms with Gasteiger partial charge in [0, 0.05) is 38.3 Å².